The summed E-state index contributed by atoms with van der Waals surface area (Å²) in [5, 5.41) is 21.4. The number of nitroso groups, excluding NO2 is 1. The molecule has 0 saturated carbocycles. The molecule has 1 aliphatic rings. The number of aromatic nitrogens is 2. The number of hydrogen-bond donors (Lipinski definition) is 4. The molecule has 0 aliphatic carbocycles. The van der Waals surface area contributed by atoms with E-state index in [1.165, 1.54) is 6.92 Å². The van der Waals surface area contributed by atoms with Gasteiger partial charge in [0.05, 0.1) is 6.04 Å². The lowest BCUT2D eigenvalue weighted by molar-refractivity contribution is 0.132. The van der Waals surface area contributed by atoms with Gasteiger partial charge in [-0.15, -0.1) is 10.2 Å². The number of nitrogens with one attached hydrogen (secondary N) is 2. The molecule has 0 radical (unpaired) electrons. The number of rotatable bonds is 4. The average Bonchev–Trinajstić information content (AvgIpc) is 2.49. The minimum Gasteiger partial charge on any atom is -0.389 e. The van der Waals surface area contributed by atoms with Crippen molar-refractivity contribution in [1.29, 1.82) is 0 Å². The summed E-state index contributed by atoms with van der Waals surface area (Å²) < 4.78 is 0.587. The van der Waals surface area contributed by atoms with Crippen molar-refractivity contribution in [1.82, 2.24) is 9.66 Å². The summed E-state index contributed by atoms with van der Waals surface area (Å²) in [6, 6.07) is -1.49. The molecule has 2 unspecified atom stereocenters. The van der Waals surface area contributed by atoms with Crippen LogP contribution in [0.4, 0.5) is 17.5 Å². The van der Waals surface area contributed by atoms with Gasteiger partial charge in [-0.05, 0) is 12.1 Å². The lowest BCUT2D eigenvalue weighted by Crippen LogP contribution is -2.48. The van der Waals surface area contributed by atoms with Crippen LogP contribution in [0.1, 0.15) is 6.92 Å². The first-order chi connectivity index (χ1) is 9.99. The number of fused-ring (bicyclic) bond motifs is 1. The maximum atomic E-state index is 12.1. The molecule has 12 nitrogen and oxygen atoms in total. The van der Waals surface area contributed by atoms with Gasteiger partial charge in [0.2, 0.25) is 0 Å². The normalized spacial score (nSPS) is 19.2. The summed E-state index contributed by atoms with van der Waals surface area (Å²) in [5.74, 6) is -0.0928. The minimum atomic E-state index is -1.10. The Labute approximate surface area is 117 Å². The average molecular weight is 295 g/mol. The van der Waals surface area contributed by atoms with E-state index >= 15 is 0 Å². The molecular formula is C9H13N9O3. The second-order valence-electron chi connectivity index (χ2n) is 4.46. The van der Waals surface area contributed by atoms with Crippen LogP contribution < -0.4 is 21.9 Å². The van der Waals surface area contributed by atoms with Crippen LogP contribution in [0.15, 0.2) is 15.2 Å². The van der Waals surface area contributed by atoms with Crippen molar-refractivity contribution in [2.75, 3.05) is 22.9 Å². The van der Waals surface area contributed by atoms with Gasteiger partial charge < -0.3 is 21.5 Å². The second kappa shape index (κ2) is 5.64. The molecule has 1 aromatic heterocycles. The minimum absolute atomic E-state index is 0.00926. The zero-order chi connectivity index (χ0) is 15.6. The molecule has 0 aromatic carbocycles. The van der Waals surface area contributed by atoms with E-state index in [-0.39, 0.29) is 24.0 Å². The maximum absolute atomic E-state index is 12.1. The number of nitrogens with zero attached hydrogens (tertiary/aromatic N) is 6. The maximum Gasteiger partial charge on any atom is 0.371 e. The number of nitrogen functional groups attached to an aromatic ring is 1. The van der Waals surface area contributed by atoms with Crippen LogP contribution in [0.25, 0.3) is 10.4 Å². The highest BCUT2D eigenvalue weighted by Gasteiger charge is 2.32. The largest absolute Gasteiger partial charge is 0.389 e. The van der Waals surface area contributed by atoms with E-state index in [4.69, 9.17) is 11.3 Å². The van der Waals surface area contributed by atoms with E-state index in [2.05, 4.69) is 30.9 Å². The fourth-order valence-electron chi connectivity index (χ4n) is 1.96. The van der Waals surface area contributed by atoms with Crippen LogP contribution in [0.2, 0.25) is 0 Å². The van der Waals surface area contributed by atoms with E-state index in [0.717, 1.165) is 0 Å². The zero-order valence-electron chi connectivity index (χ0n) is 11.0. The Balaban J connectivity index is 2.40. The summed E-state index contributed by atoms with van der Waals surface area (Å²) >= 11 is 0. The van der Waals surface area contributed by atoms with E-state index < -0.39 is 23.7 Å². The molecule has 112 valence electrons. The van der Waals surface area contributed by atoms with Crippen molar-refractivity contribution in [2.45, 2.75) is 25.1 Å². The smallest absolute Gasteiger partial charge is 0.371 e. The number of hydrogen-bond acceptors (Lipinski definition) is 9. The summed E-state index contributed by atoms with van der Waals surface area (Å²) in [6.07, 6.45) is -1.10. The summed E-state index contributed by atoms with van der Waals surface area (Å²) in [7, 11) is 0. The number of aliphatic hydroxyl groups excluding tert-OH is 1. The SMILES string of the molecule is CC(N=O)[C@H](O)C1CNc2nc(N)n(N=[N+]=[N-])c(=O)c2N1. The Kier molecular flexibility index (Phi) is 3.91. The number of anilines is 3. The molecule has 2 rings (SSSR count). The first kappa shape index (κ1) is 14.6. The van der Waals surface area contributed by atoms with Gasteiger partial charge in [0.15, 0.2) is 11.5 Å². The van der Waals surface area contributed by atoms with Crippen LogP contribution in [0.5, 0.6) is 0 Å². The van der Waals surface area contributed by atoms with Crippen molar-refractivity contribution in [3.63, 3.8) is 0 Å². The van der Waals surface area contributed by atoms with E-state index in [1.807, 2.05) is 0 Å². The van der Waals surface area contributed by atoms with Crippen molar-refractivity contribution < 1.29 is 5.11 Å². The Morgan fingerprint density at radius 3 is 3.00 bits per heavy atom. The molecule has 12 heteroatoms. The molecule has 3 atom stereocenters. The van der Waals surface area contributed by atoms with Gasteiger partial charge in [0.25, 0.3) is 0 Å². The van der Waals surface area contributed by atoms with Crippen LogP contribution in [0, 0.1) is 4.91 Å². The highest BCUT2D eigenvalue weighted by Crippen LogP contribution is 2.23. The predicted molar refractivity (Wildman–Crippen MR) is 74.6 cm³/mol. The molecule has 5 N–H and O–H groups in total. The highest BCUT2D eigenvalue weighted by molar-refractivity contribution is 5.67. The van der Waals surface area contributed by atoms with Gasteiger partial charge in [-0.1, -0.05) is 5.18 Å². The van der Waals surface area contributed by atoms with Crippen molar-refractivity contribution >= 4 is 17.5 Å². The zero-order valence-corrected chi connectivity index (χ0v) is 11.0. The number of aliphatic hydroxyl groups is 1. The van der Waals surface area contributed by atoms with Gasteiger partial charge in [0, 0.05) is 6.54 Å². The van der Waals surface area contributed by atoms with Gasteiger partial charge in [-0.25, -0.2) is 4.79 Å². The van der Waals surface area contributed by atoms with Gasteiger partial charge in [-0.2, -0.15) is 14.8 Å². The van der Waals surface area contributed by atoms with Crippen molar-refractivity contribution in [3.05, 3.63) is 25.7 Å². The fraction of sp³-hybridized carbons (Fsp3) is 0.556. The Bertz CT molecular complexity index is 665. The monoisotopic (exact) mass is 295 g/mol. The van der Waals surface area contributed by atoms with Gasteiger partial charge >= 0.3 is 11.5 Å². The summed E-state index contributed by atoms with van der Waals surface area (Å²) in [4.78, 5) is 29.0. The standard InChI is InChI=1S/C9H13N9O3/c1-3(15-21)6(19)4-2-12-7-5(13-4)8(20)18(17-16-11)9(10)14-7/h3-4,6,12-13,19H,2H2,1H3,(H2,10,14)/t3?,4?,6-/m0/s1. The fourth-order valence-corrected chi connectivity index (χ4v) is 1.96. The van der Waals surface area contributed by atoms with Crippen molar-refractivity contribution in [2.24, 2.45) is 10.4 Å². The highest BCUT2D eigenvalue weighted by atomic mass is 16.3. The van der Waals surface area contributed by atoms with E-state index in [1.54, 1.807) is 0 Å². The predicted octanol–water partition coefficient (Wildman–Crippen LogP) is -0.379. The molecule has 1 aliphatic heterocycles. The molecule has 0 amide bonds. The second-order valence-corrected chi connectivity index (χ2v) is 4.46. The van der Waals surface area contributed by atoms with E-state index in [0.29, 0.717) is 4.68 Å². The molecule has 0 fully saturated rings. The quantitative estimate of drug-likeness (QED) is 0.252. The molecule has 0 bridgehead atoms. The lowest BCUT2D eigenvalue weighted by Gasteiger charge is -2.30. The third kappa shape index (κ3) is 2.57. The number of nitrogens with two attached hydrogens (primary N) is 1. The molecule has 0 spiro atoms. The molecular weight excluding hydrogens is 282 g/mol. The Morgan fingerprint density at radius 2 is 2.38 bits per heavy atom. The first-order valence-corrected chi connectivity index (χ1v) is 5.98. The summed E-state index contributed by atoms with van der Waals surface area (Å²) in [6.45, 7) is 1.67. The molecule has 1 aromatic rings. The van der Waals surface area contributed by atoms with Crippen molar-refractivity contribution in [3.8, 4) is 0 Å². The Hall–Kier alpha value is -2.85. The van der Waals surface area contributed by atoms with Crippen LogP contribution in [-0.2, 0) is 0 Å². The summed E-state index contributed by atoms with van der Waals surface area (Å²) in [5.41, 5.74) is 13.2. The third-order valence-corrected chi connectivity index (χ3v) is 3.11. The topological polar surface area (TPSA) is 183 Å². The van der Waals surface area contributed by atoms with Crippen LogP contribution in [-0.4, -0.2) is 39.5 Å². The first-order valence-electron chi connectivity index (χ1n) is 5.98. The number of azide groups is 1. The van der Waals surface area contributed by atoms with Crippen LogP contribution in [0.3, 0.4) is 0 Å². The third-order valence-electron chi connectivity index (χ3n) is 3.11. The van der Waals surface area contributed by atoms with Crippen LogP contribution >= 0.6 is 0 Å². The molecule has 2 heterocycles. The van der Waals surface area contributed by atoms with Gasteiger partial charge in [0.1, 0.15) is 12.1 Å². The van der Waals surface area contributed by atoms with Gasteiger partial charge in [-0.3, -0.25) is 0 Å². The van der Waals surface area contributed by atoms with E-state index in [9.17, 15) is 14.8 Å². The molecule has 0 saturated heterocycles. The Morgan fingerprint density at radius 1 is 1.67 bits per heavy atom. The molecule has 21 heavy (non-hydrogen) atoms. The lowest BCUT2D eigenvalue weighted by atomic mass is 10.0.